The van der Waals surface area contributed by atoms with E-state index in [1.807, 2.05) is 19.3 Å². The van der Waals surface area contributed by atoms with Crippen LogP contribution in [0.25, 0.3) is 0 Å². The van der Waals surface area contributed by atoms with E-state index in [1.165, 1.54) is 0 Å². The molecule has 1 heterocycles. The monoisotopic (exact) mass is 249 g/mol. The van der Waals surface area contributed by atoms with Gasteiger partial charge in [0.05, 0.1) is 18.6 Å². The van der Waals surface area contributed by atoms with Gasteiger partial charge in [-0.05, 0) is 43.7 Å². The number of aliphatic carboxylic acids is 1. The van der Waals surface area contributed by atoms with Crippen molar-refractivity contribution in [1.29, 1.82) is 0 Å². The first-order chi connectivity index (χ1) is 8.65. The third-order valence-corrected chi connectivity index (χ3v) is 3.44. The molecule has 4 heteroatoms. The lowest BCUT2D eigenvalue weighted by Gasteiger charge is -2.26. The minimum atomic E-state index is -0.670. The van der Waals surface area contributed by atoms with Crippen LogP contribution in [0, 0.1) is 12.8 Å². The largest absolute Gasteiger partial charge is 0.481 e. The number of rotatable bonds is 4. The zero-order valence-corrected chi connectivity index (χ0v) is 10.6. The summed E-state index contributed by atoms with van der Waals surface area (Å²) in [6.45, 7) is 2.58. The van der Waals surface area contributed by atoms with E-state index in [4.69, 9.17) is 9.84 Å². The lowest BCUT2D eigenvalue weighted by molar-refractivity contribution is -0.143. The van der Waals surface area contributed by atoms with Crippen LogP contribution < -0.4 is 0 Å². The van der Waals surface area contributed by atoms with Gasteiger partial charge in [0, 0.05) is 12.4 Å². The minimum Gasteiger partial charge on any atom is -0.481 e. The molecule has 2 rings (SSSR count). The summed E-state index contributed by atoms with van der Waals surface area (Å²) in [4.78, 5) is 15.0. The van der Waals surface area contributed by atoms with Gasteiger partial charge in [-0.2, -0.15) is 0 Å². The number of aryl methyl sites for hydroxylation is 1. The van der Waals surface area contributed by atoms with E-state index < -0.39 is 5.97 Å². The summed E-state index contributed by atoms with van der Waals surface area (Å²) in [5.41, 5.74) is 2.21. The summed E-state index contributed by atoms with van der Waals surface area (Å²) in [6, 6.07) is 2.07. The average molecular weight is 249 g/mol. The summed E-state index contributed by atoms with van der Waals surface area (Å²) in [5.74, 6) is -0.846. The number of carbonyl (C=O) groups is 1. The number of carboxylic acid groups (broad SMARTS) is 1. The highest BCUT2D eigenvalue weighted by atomic mass is 16.5. The van der Waals surface area contributed by atoms with Gasteiger partial charge in [0.15, 0.2) is 0 Å². The smallest absolute Gasteiger partial charge is 0.306 e. The third-order valence-electron chi connectivity index (χ3n) is 3.44. The first-order valence-electron chi connectivity index (χ1n) is 6.40. The maximum atomic E-state index is 10.8. The molecule has 0 atom stereocenters. The van der Waals surface area contributed by atoms with E-state index in [1.54, 1.807) is 0 Å². The molecule has 1 aliphatic carbocycles. The first kappa shape index (κ1) is 13.0. The van der Waals surface area contributed by atoms with Gasteiger partial charge in [-0.15, -0.1) is 0 Å². The van der Waals surface area contributed by atoms with Gasteiger partial charge < -0.3 is 9.84 Å². The summed E-state index contributed by atoms with van der Waals surface area (Å²) >= 11 is 0. The van der Waals surface area contributed by atoms with E-state index in [-0.39, 0.29) is 12.0 Å². The molecule has 98 valence electrons. The van der Waals surface area contributed by atoms with Crippen molar-refractivity contribution >= 4 is 5.97 Å². The Bertz CT molecular complexity index is 411. The highest BCUT2D eigenvalue weighted by Gasteiger charge is 2.26. The van der Waals surface area contributed by atoms with Crippen molar-refractivity contribution in [1.82, 2.24) is 4.98 Å². The maximum absolute atomic E-state index is 10.8. The van der Waals surface area contributed by atoms with Crippen LogP contribution in [0.5, 0.6) is 0 Å². The van der Waals surface area contributed by atoms with Crippen molar-refractivity contribution in [3.63, 3.8) is 0 Å². The number of ether oxygens (including phenoxy) is 1. The number of carboxylic acids is 1. The van der Waals surface area contributed by atoms with Crippen LogP contribution in [0.3, 0.4) is 0 Å². The lowest BCUT2D eigenvalue weighted by atomic mass is 9.87. The van der Waals surface area contributed by atoms with Crippen molar-refractivity contribution in [2.24, 2.45) is 5.92 Å². The number of hydrogen-bond donors (Lipinski definition) is 1. The first-order valence-corrected chi connectivity index (χ1v) is 6.40. The molecule has 1 aromatic rings. The standard InChI is InChI=1S/C14H19NO3/c1-10-6-11(8-15-7-10)9-18-13-4-2-12(3-5-13)14(16)17/h6-8,12-13H,2-5,9H2,1H3,(H,16,17). The minimum absolute atomic E-state index is 0.175. The van der Waals surface area contributed by atoms with Crippen LogP contribution in [0.15, 0.2) is 18.5 Å². The Morgan fingerprint density at radius 2 is 2.11 bits per heavy atom. The number of nitrogens with zero attached hydrogens (tertiary/aromatic N) is 1. The van der Waals surface area contributed by atoms with E-state index in [2.05, 4.69) is 11.1 Å². The van der Waals surface area contributed by atoms with Crippen LogP contribution in [0.4, 0.5) is 0 Å². The Morgan fingerprint density at radius 3 is 2.72 bits per heavy atom. The second-order valence-electron chi connectivity index (χ2n) is 4.99. The van der Waals surface area contributed by atoms with Crippen LogP contribution in [0.1, 0.15) is 36.8 Å². The molecule has 0 unspecified atom stereocenters. The van der Waals surface area contributed by atoms with Crippen molar-refractivity contribution in [2.75, 3.05) is 0 Å². The predicted molar refractivity (Wildman–Crippen MR) is 67.1 cm³/mol. The summed E-state index contributed by atoms with van der Waals surface area (Å²) in [6.07, 6.45) is 6.98. The summed E-state index contributed by atoms with van der Waals surface area (Å²) in [7, 11) is 0. The van der Waals surface area contributed by atoms with Crippen molar-refractivity contribution < 1.29 is 14.6 Å². The molecule has 0 saturated heterocycles. The van der Waals surface area contributed by atoms with Crippen molar-refractivity contribution in [3.8, 4) is 0 Å². The highest BCUT2D eigenvalue weighted by molar-refractivity contribution is 5.70. The maximum Gasteiger partial charge on any atom is 0.306 e. The number of aromatic nitrogens is 1. The fourth-order valence-corrected chi connectivity index (χ4v) is 2.39. The predicted octanol–water partition coefficient (Wildman–Crippen LogP) is 2.55. The van der Waals surface area contributed by atoms with Crippen molar-refractivity contribution in [3.05, 3.63) is 29.6 Å². The molecule has 1 aliphatic rings. The molecule has 18 heavy (non-hydrogen) atoms. The Balaban J connectivity index is 1.77. The SMILES string of the molecule is Cc1cncc(COC2CCC(C(=O)O)CC2)c1. The zero-order chi connectivity index (χ0) is 13.0. The van der Waals surface area contributed by atoms with Gasteiger partial charge in [0.2, 0.25) is 0 Å². The molecule has 1 saturated carbocycles. The van der Waals surface area contributed by atoms with Gasteiger partial charge in [-0.25, -0.2) is 0 Å². The second-order valence-corrected chi connectivity index (χ2v) is 4.99. The zero-order valence-electron chi connectivity index (χ0n) is 10.6. The van der Waals surface area contributed by atoms with Crippen LogP contribution in [0.2, 0.25) is 0 Å². The van der Waals surface area contributed by atoms with E-state index in [0.717, 1.165) is 36.8 Å². The average Bonchev–Trinajstić information content (AvgIpc) is 2.37. The Morgan fingerprint density at radius 1 is 1.39 bits per heavy atom. The molecular formula is C14H19NO3. The molecule has 1 N–H and O–H groups in total. The third kappa shape index (κ3) is 3.53. The van der Waals surface area contributed by atoms with Crippen molar-refractivity contribution in [2.45, 2.75) is 45.3 Å². The lowest BCUT2D eigenvalue weighted by Crippen LogP contribution is -2.25. The second kappa shape index (κ2) is 5.96. The van der Waals surface area contributed by atoms with Gasteiger partial charge in [-0.1, -0.05) is 6.07 Å². The van der Waals surface area contributed by atoms with Gasteiger partial charge >= 0.3 is 5.97 Å². The summed E-state index contributed by atoms with van der Waals surface area (Å²) in [5, 5.41) is 8.91. The van der Waals surface area contributed by atoms with E-state index in [0.29, 0.717) is 6.61 Å². The molecule has 0 bridgehead atoms. The Kier molecular flexibility index (Phi) is 4.31. The van der Waals surface area contributed by atoms with Gasteiger partial charge in [-0.3, -0.25) is 9.78 Å². The number of pyridine rings is 1. The molecule has 4 nitrogen and oxygen atoms in total. The molecule has 0 amide bonds. The topological polar surface area (TPSA) is 59.4 Å². The molecular weight excluding hydrogens is 230 g/mol. The van der Waals surface area contributed by atoms with E-state index in [9.17, 15) is 4.79 Å². The Hall–Kier alpha value is -1.42. The quantitative estimate of drug-likeness (QED) is 0.890. The fourth-order valence-electron chi connectivity index (χ4n) is 2.39. The normalized spacial score (nSPS) is 23.8. The van der Waals surface area contributed by atoms with Gasteiger partial charge in [0.25, 0.3) is 0 Å². The van der Waals surface area contributed by atoms with Crippen LogP contribution in [-0.4, -0.2) is 22.2 Å². The summed E-state index contributed by atoms with van der Waals surface area (Å²) < 4.78 is 5.82. The molecule has 1 fully saturated rings. The fraction of sp³-hybridized carbons (Fsp3) is 0.571. The molecule has 0 aliphatic heterocycles. The molecule has 0 aromatic carbocycles. The highest BCUT2D eigenvalue weighted by Crippen LogP contribution is 2.26. The van der Waals surface area contributed by atoms with Crippen LogP contribution in [-0.2, 0) is 16.1 Å². The van der Waals surface area contributed by atoms with Gasteiger partial charge in [0.1, 0.15) is 0 Å². The molecule has 1 aromatic heterocycles. The van der Waals surface area contributed by atoms with Crippen LogP contribution >= 0.6 is 0 Å². The number of hydrogen-bond acceptors (Lipinski definition) is 3. The molecule has 0 spiro atoms. The Labute approximate surface area is 107 Å². The molecule has 0 radical (unpaired) electrons. The van der Waals surface area contributed by atoms with E-state index >= 15 is 0 Å².